The van der Waals surface area contributed by atoms with Crippen LogP contribution in [0, 0.1) is 0 Å². The summed E-state index contributed by atoms with van der Waals surface area (Å²) in [6.45, 7) is 6.27. The Hall–Kier alpha value is -1.52. The first kappa shape index (κ1) is 21.8. The molecule has 5 nitrogen and oxygen atoms in total. The molecular formula is C19H24IN5S2. The van der Waals surface area contributed by atoms with Crippen LogP contribution in [0.15, 0.2) is 46.9 Å². The highest BCUT2D eigenvalue weighted by Gasteiger charge is 2.06. The Bertz CT molecular complexity index is 845. The maximum absolute atomic E-state index is 4.71. The van der Waals surface area contributed by atoms with Crippen molar-refractivity contribution in [3.8, 4) is 11.3 Å². The Morgan fingerprint density at radius 3 is 2.63 bits per heavy atom. The van der Waals surface area contributed by atoms with Crippen LogP contribution in [0.3, 0.4) is 0 Å². The van der Waals surface area contributed by atoms with Crippen LogP contribution >= 0.6 is 46.7 Å². The highest BCUT2D eigenvalue weighted by Crippen LogP contribution is 2.21. The van der Waals surface area contributed by atoms with E-state index in [4.69, 9.17) is 4.98 Å². The van der Waals surface area contributed by atoms with Crippen molar-refractivity contribution in [1.82, 2.24) is 20.6 Å². The van der Waals surface area contributed by atoms with Crippen LogP contribution in [0.4, 0.5) is 0 Å². The first-order valence-corrected chi connectivity index (χ1v) is 10.4. The number of guanidine groups is 1. The van der Waals surface area contributed by atoms with E-state index in [0.29, 0.717) is 13.1 Å². The molecule has 2 aromatic heterocycles. The van der Waals surface area contributed by atoms with Crippen LogP contribution in [-0.2, 0) is 19.5 Å². The second-order valence-electron chi connectivity index (χ2n) is 5.62. The number of nitrogens with one attached hydrogen (secondary N) is 2. The van der Waals surface area contributed by atoms with E-state index in [-0.39, 0.29) is 24.0 Å². The minimum absolute atomic E-state index is 0. The third kappa shape index (κ3) is 6.54. The molecule has 0 spiro atoms. The van der Waals surface area contributed by atoms with Gasteiger partial charge < -0.3 is 10.6 Å². The number of thiazole rings is 2. The standard InChI is InChI=1S/C19H23N5S2.HI/c1-3-15-10-21-17(26-15)11-22-19(20-4-2)23-12-18-24-16(13-25-18)14-8-6-5-7-9-14;/h5-10,13H,3-4,11-12H2,1-2H3,(H2,20,22,23);1H. The molecular weight excluding hydrogens is 489 g/mol. The van der Waals surface area contributed by atoms with Crippen LogP contribution < -0.4 is 10.6 Å². The number of halogens is 1. The molecule has 3 aromatic rings. The molecule has 8 heteroatoms. The lowest BCUT2D eigenvalue weighted by molar-refractivity contribution is 0.811. The molecule has 2 heterocycles. The molecule has 0 radical (unpaired) electrons. The Labute approximate surface area is 185 Å². The van der Waals surface area contributed by atoms with Gasteiger partial charge in [0.25, 0.3) is 0 Å². The molecule has 27 heavy (non-hydrogen) atoms. The van der Waals surface area contributed by atoms with E-state index >= 15 is 0 Å². The Morgan fingerprint density at radius 2 is 1.93 bits per heavy atom. The van der Waals surface area contributed by atoms with Crippen LogP contribution in [-0.4, -0.2) is 22.5 Å². The van der Waals surface area contributed by atoms with E-state index < -0.39 is 0 Å². The zero-order valence-corrected chi connectivity index (χ0v) is 19.4. The molecule has 1 aromatic carbocycles. The van der Waals surface area contributed by atoms with Gasteiger partial charge in [0, 0.05) is 28.6 Å². The average molecular weight is 513 g/mol. The lowest BCUT2D eigenvalue weighted by atomic mass is 10.2. The fourth-order valence-electron chi connectivity index (χ4n) is 2.37. The third-order valence-electron chi connectivity index (χ3n) is 3.69. The highest BCUT2D eigenvalue weighted by atomic mass is 127. The number of aliphatic imine (C=N–C) groups is 1. The van der Waals surface area contributed by atoms with E-state index in [9.17, 15) is 0 Å². The van der Waals surface area contributed by atoms with Crippen molar-refractivity contribution < 1.29 is 0 Å². The largest absolute Gasteiger partial charge is 0.357 e. The highest BCUT2D eigenvalue weighted by molar-refractivity contribution is 14.0. The molecule has 0 atom stereocenters. The fraction of sp³-hybridized carbons (Fsp3) is 0.316. The number of hydrogen-bond donors (Lipinski definition) is 2. The van der Waals surface area contributed by atoms with Gasteiger partial charge in [-0.3, -0.25) is 0 Å². The third-order valence-corrected chi connectivity index (χ3v) is 5.67. The van der Waals surface area contributed by atoms with Gasteiger partial charge in [-0.2, -0.15) is 0 Å². The molecule has 0 aliphatic carbocycles. The molecule has 0 saturated heterocycles. The normalized spacial score (nSPS) is 11.1. The maximum atomic E-state index is 4.71. The van der Waals surface area contributed by atoms with Crippen molar-refractivity contribution in [1.29, 1.82) is 0 Å². The summed E-state index contributed by atoms with van der Waals surface area (Å²) < 4.78 is 0. The number of aromatic nitrogens is 2. The van der Waals surface area contributed by atoms with Crippen molar-refractivity contribution in [2.45, 2.75) is 33.4 Å². The van der Waals surface area contributed by atoms with Crippen LogP contribution in [0.5, 0.6) is 0 Å². The molecule has 0 amide bonds. The van der Waals surface area contributed by atoms with Gasteiger partial charge in [0.05, 0.1) is 18.8 Å². The topological polar surface area (TPSA) is 62.2 Å². The smallest absolute Gasteiger partial charge is 0.192 e. The van der Waals surface area contributed by atoms with Crippen molar-refractivity contribution in [3.63, 3.8) is 0 Å². The maximum Gasteiger partial charge on any atom is 0.192 e. The second kappa shape index (κ2) is 11.4. The Balaban J connectivity index is 0.00000261. The number of hydrogen-bond acceptors (Lipinski definition) is 5. The summed E-state index contributed by atoms with van der Waals surface area (Å²) in [5.41, 5.74) is 2.16. The quantitative estimate of drug-likeness (QED) is 0.273. The SMILES string of the molecule is CCNC(=NCc1ncc(CC)s1)NCc1nc(-c2ccccc2)cs1.I. The number of rotatable bonds is 7. The summed E-state index contributed by atoms with van der Waals surface area (Å²) in [6, 6.07) is 10.2. The van der Waals surface area contributed by atoms with E-state index in [1.165, 1.54) is 4.88 Å². The minimum Gasteiger partial charge on any atom is -0.357 e. The molecule has 0 bridgehead atoms. The van der Waals surface area contributed by atoms with Gasteiger partial charge >= 0.3 is 0 Å². The number of nitrogens with zero attached hydrogens (tertiary/aromatic N) is 3. The van der Waals surface area contributed by atoms with E-state index in [0.717, 1.165) is 40.2 Å². The molecule has 144 valence electrons. The van der Waals surface area contributed by atoms with Gasteiger partial charge in [-0.15, -0.1) is 46.7 Å². The van der Waals surface area contributed by atoms with Crippen molar-refractivity contribution in [2.75, 3.05) is 6.54 Å². The molecule has 2 N–H and O–H groups in total. The first-order chi connectivity index (χ1) is 12.8. The average Bonchev–Trinajstić information content (AvgIpc) is 3.34. The fourth-order valence-corrected chi connectivity index (χ4v) is 3.90. The van der Waals surface area contributed by atoms with E-state index in [1.807, 2.05) is 24.4 Å². The van der Waals surface area contributed by atoms with E-state index in [1.54, 1.807) is 22.7 Å². The van der Waals surface area contributed by atoms with Gasteiger partial charge in [-0.05, 0) is 13.3 Å². The second-order valence-corrected chi connectivity index (χ2v) is 7.76. The Morgan fingerprint density at radius 1 is 1.11 bits per heavy atom. The molecule has 3 rings (SSSR count). The van der Waals surface area contributed by atoms with Crippen molar-refractivity contribution in [3.05, 3.63) is 56.8 Å². The van der Waals surface area contributed by atoms with E-state index in [2.05, 4.69) is 52.0 Å². The van der Waals surface area contributed by atoms with Gasteiger partial charge in [0.1, 0.15) is 10.0 Å². The molecule has 0 aliphatic rings. The molecule has 0 fully saturated rings. The zero-order valence-electron chi connectivity index (χ0n) is 15.4. The summed E-state index contributed by atoms with van der Waals surface area (Å²) in [4.78, 5) is 15.1. The summed E-state index contributed by atoms with van der Waals surface area (Å²) in [5, 5.41) is 10.8. The molecule has 0 saturated carbocycles. The van der Waals surface area contributed by atoms with Crippen molar-refractivity contribution >= 4 is 52.6 Å². The molecule has 0 aliphatic heterocycles. The summed E-state index contributed by atoms with van der Waals surface area (Å²) in [6.07, 6.45) is 2.96. The predicted octanol–water partition coefficient (Wildman–Crippen LogP) is 4.70. The lowest BCUT2D eigenvalue weighted by Gasteiger charge is -2.09. The van der Waals surface area contributed by atoms with Crippen molar-refractivity contribution in [2.24, 2.45) is 4.99 Å². The Kier molecular flexibility index (Phi) is 9.16. The lowest BCUT2D eigenvalue weighted by Crippen LogP contribution is -2.36. The summed E-state index contributed by atoms with van der Waals surface area (Å²) >= 11 is 3.38. The van der Waals surface area contributed by atoms with Gasteiger partial charge in [0.15, 0.2) is 5.96 Å². The van der Waals surface area contributed by atoms with Crippen LogP contribution in [0.1, 0.15) is 28.7 Å². The molecule has 0 unspecified atom stereocenters. The number of aryl methyl sites for hydroxylation is 1. The predicted molar refractivity (Wildman–Crippen MR) is 126 cm³/mol. The van der Waals surface area contributed by atoms with Gasteiger partial charge in [-0.1, -0.05) is 37.3 Å². The van der Waals surface area contributed by atoms with Crippen LogP contribution in [0.2, 0.25) is 0 Å². The summed E-state index contributed by atoms with van der Waals surface area (Å²) in [5.74, 6) is 0.789. The monoisotopic (exact) mass is 513 g/mol. The summed E-state index contributed by atoms with van der Waals surface area (Å²) in [7, 11) is 0. The van der Waals surface area contributed by atoms with Crippen LogP contribution in [0.25, 0.3) is 11.3 Å². The van der Waals surface area contributed by atoms with Gasteiger partial charge in [-0.25, -0.2) is 15.0 Å². The zero-order chi connectivity index (χ0) is 18.2. The minimum atomic E-state index is 0. The first-order valence-electron chi connectivity index (χ1n) is 8.74. The number of benzene rings is 1. The van der Waals surface area contributed by atoms with Gasteiger partial charge in [0.2, 0.25) is 0 Å².